The van der Waals surface area contributed by atoms with Gasteiger partial charge < -0.3 is 14.5 Å². The number of sulfonamides is 1. The minimum absolute atomic E-state index is 0.0590. The molecule has 1 aliphatic rings. The molecule has 0 unspecified atom stereocenters. The predicted molar refractivity (Wildman–Crippen MR) is 78.0 cm³/mol. The zero-order valence-corrected chi connectivity index (χ0v) is 12.6. The van der Waals surface area contributed by atoms with Gasteiger partial charge in [-0.1, -0.05) is 0 Å². The highest BCUT2D eigenvalue weighted by Gasteiger charge is 2.23. The third kappa shape index (κ3) is 2.83. The highest BCUT2D eigenvalue weighted by atomic mass is 32.2. The fraction of sp³-hybridized carbons (Fsp3) is 0.214. The number of furan rings is 1. The molecule has 0 bridgehead atoms. The number of carbonyl (C=O) groups excluding carboxylic acids is 1. The number of hydrogen-bond acceptors (Lipinski definition) is 5. The van der Waals surface area contributed by atoms with Gasteiger partial charge in [-0.3, -0.25) is 4.79 Å². The Morgan fingerprint density at radius 3 is 2.91 bits per heavy atom. The van der Waals surface area contributed by atoms with E-state index in [1.54, 1.807) is 25.1 Å². The molecule has 2 heterocycles. The van der Waals surface area contributed by atoms with Gasteiger partial charge in [0.1, 0.15) is 11.5 Å². The third-order valence-electron chi connectivity index (χ3n) is 3.22. The Morgan fingerprint density at radius 1 is 1.36 bits per heavy atom. The van der Waals surface area contributed by atoms with Crippen LogP contribution in [0.15, 0.2) is 39.8 Å². The Balaban J connectivity index is 1.88. The molecule has 2 N–H and O–H groups in total. The molecule has 0 spiro atoms. The molecule has 0 atom stereocenters. The van der Waals surface area contributed by atoms with Gasteiger partial charge in [-0.15, -0.1) is 0 Å². The molecule has 1 aromatic heterocycles. The number of amides is 1. The predicted octanol–water partition coefficient (Wildman–Crippen LogP) is 1.40. The lowest BCUT2D eigenvalue weighted by Crippen LogP contribution is -2.27. The zero-order chi connectivity index (χ0) is 15.7. The number of ether oxygens (including phenoxy) is 1. The first-order valence-electron chi connectivity index (χ1n) is 6.55. The molecule has 0 fully saturated rings. The number of benzene rings is 1. The average molecular weight is 322 g/mol. The first-order valence-corrected chi connectivity index (χ1v) is 8.03. The molecule has 3 rings (SSSR count). The van der Waals surface area contributed by atoms with Gasteiger partial charge in [0.2, 0.25) is 10.0 Å². The normalized spacial score (nSPS) is 14.1. The highest BCUT2D eigenvalue weighted by molar-refractivity contribution is 7.89. The highest BCUT2D eigenvalue weighted by Crippen LogP contribution is 2.32. The van der Waals surface area contributed by atoms with Crippen molar-refractivity contribution >= 4 is 21.6 Å². The maximum atomic E-state index is 12.4. The van der Waals surface area contributed by atoms with Crippen molar-refractivity contribution in [2.75, 3.05) is 11.9 Å². The quantitative estimate of drug-likeness (QED) is 0.886. The van der Waals surface area contributed by atoms with Gasteiger partial charge in [0, 0.05) is 6.07 Å². The Kier molecular flexibility index (Phi) is 3.63. The van der Waals surface area contributed by atoms with E-state index in [1.165, 1.54) is 12.3 Å². The van der Waals surface area contributed by atoms with Crippen molar-refractivity contribution in [3.63, 3.8) is 0 Å². The second-order valence-corrected chi connectivity index (χ2v) is 6.59. The summed E-state index contributed by atoms with van der Waals surface area (Å²) in [6.45, 7) is 1.58. The van der Waals surface area contributed by atoms with Crippen LogP contribution < -0.4 is 14.8 Å². The summed E-state index contributed by atoms with van der Waals surface area (Å²) in [6.07, 6.45) is 1.48. The summed E-state index contributed by atoms with van der Waals surface area (Å²) in [5.74, 6) is 0.588. The number of carbonyl (C=O) groups is 1. The van der Waals surface area contributed by atoms with Crippen molar-refractivity contribution in [2.45, 2.75) is 18.4 Å². The van der Waals surface area contributed by atoms with Gasteiger partial charge in [-0.05, 0) is 30.7 Å². The van der Waals surface area contributed by atoms with Crippen LogP contribution in [-0.2, 0) is 21.4 Å². The van der Waals surface area contributed by atoms with Gasteiger partial charge in [0.25, 0.3) is 5.91 Å². The Morgan fingerprint density at radius 2 is 2.18 bits per heavy atom. The largest absolute Gasteiger partial charge is 0.482 e. The molecule has 0 saturated carbocycles. The molecule has 116 valence electrons. The molecule has 2 aromatic rings. The minimum Gasteiger partial charge on any atom is -0.482 e. The first-order chi connectivity index (χ1) is 10.5. The van der Waals surface area contributed by atoms with E-state index in [-0.39, 0.29) is 24.0 Å². The fourth-order valence-corrected chi connectivity index (χ4v) is 3.40. The molecule has 8 heteroatoms. The molecule has 1 aromatic carbocycles. The topological polar surface area (TPSA) is 97.6 Å². The molecular weight excluding hydrogens is 308 g/mol. The lowest BCUT2D eigenvalue weighted by atomic mass is 10.2. The average Bonchev–Trinajstić information content (AvgIpc) is 2.97. The number of hydrogen-bond donors (Lipinski definition) is 2. The molecule has 0 aliphatic carbocycles. The maximum Gasteiger partial charge on any atom is 0.262 e. The van der Waals surface area contributed by atoms with Crippen LogP contribution in [0.4, 0.5) is 5.69 Å². The second kappa shape index (κ2) is 5.47. The molecule has 7 nitrogen and oxygen atoms in total. The molecule has 0 radical (unpaired) electrons. The lowest BCUT2D eigenvalue weighted by molar-refractivity contribution is -0.118. The van der Waals surface area contributed by atoms with Gasteiger partial charge in [0.15, 0.2) is 6.61 Å². The Bertz CT molecular complexity index is 812. The van der Waals surface area contributed by atoms with Crippen LogP contribution in [-0.4, -0.2) is 20.9 Å². The summed E-state index contributed by atoms with van der Waals surface area (Å²) in [6, 6.07) is 6.35. The summed E-state index contributed by atoms with van der Waals surface area (Å²) in [7, 11) is -3.72. The minimum atomic E-state index is -3.72. The third-order valence-corrected chi connectivity index (χ3v) is 4.76. The Labute approximate surface area is 127 Å². The number of aryl methyl sites for hydroxylation is 1. The van der Waals surface area contributed by atoms with Crippen LogP contribution in [0.1, 0.15) is 11.3 Å². The number of rotatable bonds is 4. The van der Waals surface area contributed by atoms with Gasteiger partial charge in [0.05, 0.1) is 23.4 Å². The van der Waals surface area contributed by atoms with E-state index in [9.17, 15) is 13.2 Å². The summed E-state index contributed by atoms with van der Waals surface area (Å²) in [4.78, 5) is 11.4. The van der Waals surface area contributed by atoms with Crippen LogP contribution in [0.2, 0.25) is 0 Å². The van der Waals surface area contributed by atoms with Gasteiger partial charge in [-0.2, -0.15) is 0 Å². The van der Waals surface area contributed by atoms with E-state index in [4.69, 9.17) is 9.15 Å². The SMILES string of the molecule is Cc1cc2c(cc1S(=O)(=O)NCc1ccco1)OCC(=O)N2. The standard InChI is InChI=1S/C14H14N2O5S/c1-9-5-11-12(21-8-14(17)16-11)6-13(9)22(18,19)15-7-10-3-2-4-20-10/h2-6,15H,7-8H2,1H3,(H,16,17). The van der Waals surface area contributed by atoms with Gasteiger partial charge in [-0.25, -0.2) is 13.1 Å². The van der Waals surface area contributed by atoms with Crippen LogP contribution in [0.25, 0.3) is 0 Å². The lowest BCUT2D eigenvalue weighted by Gasteiger charge is -2.20. The van der Waals surface area contributed by atoms with Gasteiger partial charge >= 0.3 is 0 Å². The van der Waals surface area contributed by atoms with E-state index in [0.29, 0.717) is 22.8 Å². The molecule has 1 aliphatic heterocycles. The molecule has 1 amide bonds. The van der Waals surface area contributed by atoms with Crippen molar-refractivity contribution in [2.24, 2.45) is 0 Å². The molecule has 0 saturated heterocycles. The van der Waals surface area contributed by atoms with E-state index >= 15 is 0 Å². The van der Waals surface area contributed by atoms with Crippen molar-refractivity contribution in [3.05, 3.63) is 41.9 Å². The van der Waals surface area contributed by atoms with Crippen molar-refractivity contribution < 1.29 is 22.4 Å². The smallest absolute Gasteiger partial charge is 0.262 e. The summed E-state index contributed by atoms with van der Waals surface area (Å²) >= 11 is 0. The van der Waals surface area contributed by atoms with E-state index < -0.39 is 10.0 Å². The van der Waals surface area contributed by atoms with Crippen LogP contribution in [0, 0.1) is 6.92 Å². The Hall–Kier alpha value is -2.32. The second-order valence-electron chi connectivity index (χ2n) is 4.85. The summed E-state index contributed by atoms with van der Waals surface area (Å²) < 4.78 is 37.6. The van der Waals surface area contributed by atoms with E-state index in [1.807, 2.05) is 0 Å². The molecule has 22 heavy (non-hydrogen) atoms. The van der Waals surface area contributed by atoms with Crippen LogP contribution in [0.3, 0.4) is 0 Å². The maximum absolute atomic E-state index is 12.4. The summed E-state index contributed by atoms with van der Waals surface area (Å²) in [5.41, 5.74) is 0.982. The van der Waals surface area contributed by atoms with Crippen LogP contribution in [0.5, 0.6) is 5.75 Å². The van der Waals surface area contributed by atoms with E-state index in [2.05, 4.69) is 10.0 Å². The number of fused-ring (bicyclic) bond motifs is 1. The van der Waals surface area contributed by atoms with Crippen molar-refractivity contribution in [3.8, 4) is 5.75 Å². The molecular formula is C14H14N2O5S. The fourth-order valence-electron chi connectivity index (χ4n) is 2.16. The van der Waals surface area contributed by atoms with E-state index in [0.717, 1.165) is 0 Å². The zero-order valence-electron chi connectivity index (χ0n) is 11.8. The van der Waals surface area contributed by atoms with Crippen LogP contribution >= 0.6 is 0 Å². The number of nitrogens with one attached hydrogen (secondary N) is 2. The summed E-state index contributed by atoms with van der Waals surface area (Å²) in [5, 5.41) is 2.64. The van der Waals surface area contributed by atoms with Crippen molar-refractivity contribution in [1.29, 1.82) is 0 Å². The monoisotopic (exact) mass is 322 g/mol. The first kappa shape index (κ1) is 14.6. The van der Waals surface area contributed by atoms with Crippen molar-refractivity contribution in [1.82, 2.24) is 4.72 Å². The number of anilines is 1.